The third-order valence-corrected chi connectivity index (χ3v) is 7.80. The number of alkyl halides is 3. The Hall–Kier alpha value is -4.86. The van der Waals surface area contributed by atoms with Crippen LogP contribution in [0.1, 0.15) is 16.8 Å². The topological polar surface area (TPSA) is 145 Å². The second kappa shape index (κ2) is 10.2. The Kier molecular flexibility index (Phi) is 6.64. The molecule has 3 aliphatic heterocycles. The molecule has 0 bridgehead atoms. The standard InChI is InChI=1S/C26H23F3N10O2S/c1-15-3-4-18(36-42(40,41)14-19-10-17(5-6-30-19)26(27,28)29)11-20(15)21-9-16-12-32-25(33-22-13-38(2)37-35-22)34-23(16)39-8-7-31-24(21)39/h3-6,9-13,31,36H,7-8,14H2,1-2H3/b33-25+. The predicted molar refractivity (Wildman–Crippen MR) is 147 cm³/mol. The molecule has 0 atom stereocenters. The summed E-state index contributed by atoms with van der Waals surface area (Å²) in [6.45, 7) is 3.19. The van der Waals surface area contributed by atoms with Crippen LogP contribution < -0.4 is 15.7 Å². The highest BCUT2D eigenvalue weighted by Gasteiger charge is 2.31. The van der Waals surface area contributed by atoms with E-state index >= 15 is 0 Å². The summed E-state index contributed by atoms with van der Waals surface area (Å²) in [7, 11) is -2.34. The lowest BCUT2D eigenvalue weighted by Gasteiger charge is -2.19. The molecule has 42 heavy (non-hydrogen) atoms. The van der Waals surface area contributed by atoms with Gasteiger partial charge in [-0.3, -0.25) is 14.4 Å². The van der Waals surface area contributed by atoms with Crippen molar-refractivity contribution in [3.8, 4) is 22.5 Å². The quantitative estimate of drug-likeness (QED) is 0.303. The third-order valence-electron chi connectivity index (χ3n) is 6.58. The van der Waals surface area contributed by atoms with Crippen molar-refractivity contribution in [2.75, 3.05) is 16.6 Å². The van der Waals surface area contributed by atoms with Gasteiger partial charge in [0.2, 0.25) is 10.0 Å². The molecule has 2 N–H and O–H groups in total. The van der Waals surface area contributed by atoms with Crippen molar-refractivity contribution in [3.05, 3.63) is 77.4 Å². The summed E-state index contributed by atoms with van der Waals surface area (Å²) in [6.07, 6.45) is -0.351. The summed E-state index contributed by atoms with van der Waals surface area (Å²) in [5, 5.41) is 11.2. The van der Waals surface area contributed by atoms with Crippen LogP contribution in [0.15, 0.2) is 60.0 Å². The molecule has 0 saturated carbocycles. The number of rotatable bonds is 6. The Labute approximate surface area is 237 Å². The van der Waals surface area contributed by atoms with Gasteiger partial charge in [0.05, 0.1) is 17.5 Å². The second-order valence-corrected chi connectivity index (χ2v) is 11.4. The highest BCUT2D eigenvalue weighted by atomic mass is 32.2. The van der Waals surface area contributed by atoms with Crippen molar-refractivity contribution in [1.82, 2.24) is 34.5 Å². The average Bonchev–Trinajstić information content (AvgIpc) is 3.58. The van der Waals surface area contributed by atoms with Gasteiger partial charge in [0, 0.05) is 49.3 Å². The van der Waals surface area contributed by atoms with Crippen LogP contribution in [0.25, 0.3) is 22.5 Å². The molecule has 216 valence electrons. The van der Waals surface area contributed by atoms with Crippen LogP contribution in [0, 0.1) is 6.92 Å². The SMILES string of the molecule is Cc1ccc(NS(=O)(=O)Cc2cc(C(F)(F)F)ccn2)cc1-c1cc2cn/c(=N\c3cn(C)nn3)nc-2n2c1NCC2. The van der Waals surface area contributed by atoms with Crippen molar-refractivity contribution >= 4 is 27.3 Å². The van der Waals surface area contributed by atoms with Crippen molar-refractivity contribution < 1.29 is 21.6 Å². The number of hydrogen-bond acceptors (Lipinski definition) is 9. The number of halogens is 3. The summed E-state index contributed by atoms with van der Waals surface area (Å²) in [5.74, 6) is 1.12. The molecule has 5 heterocycles. The number of anilines is 2. The fourth-order valence-corrected chi connectivity index (χ4v) is 5.83. The van der Waals surface area contributed by atoms with Gasteiger partial charge in [-0.05, 0) is 48.4 Å². The molecule has 3 aromatic rings. The number of benzene rings is 1. The van der Waals surface area contributed by atoms with E-state index in [1.165, 1.54) is 4.68 Å². The van der Waals surface area contributed by atoms with E-state index in [9.17, 15) is 21.6 Å². The van der Waals surface area contributed by atoms with E-state index in [0.29, 0.717) is 24.7 Å². The summed E-state index contributed by atoms with van der Waals surface area (Å²) in [4.78, 5) is 17.2. The Morgan fingerprint density at radius 2 is 1.95 bits per heavy atom. The summed E-state index contributed by atoms with van der Waals surface area (Å²) >= 11 is 0. The van der Waals surface area contributed by atoms with E-state index in [4.69, 9.17) is 0 Å². The van der Waals surface area contributed by atoms with Crippen molar-refractivity contribution in [3.63, 3.8) is 0 Å². The number of sulfonamides is 1. The van der Waals surface area contributed by atoms with Crippen LogP contribution >= 0.6 is 0 Å². The molecule has 12 nitrogen and oxygen atoms in total. The lowest BCUT2D eigenvalue weighted by atomic mass is 9.98. The van der Waals surface area contributed by atoms with Crippen molar-refractivity contribution in [2.24, 2.45) is 12.0 Å². The first kappa shape index (κ1) is 27.3. The molecule has 0 spiro atoms. The number of hydrogen-bond donors (Lipinski definition) is 2. The van der Waals surface area contributed by atoms with E-state index in [1.54, 1.807) is 37.6 Å². The number of nitrogens with zero attached hydrogens (tertiary/aromatic N) is 8. The zero-order chi connectivity index (χ0) is 29.6. The van der Waals surface area contributed by atoms with Crippen molar-refractivity contribution in [2.45, 2.75) is 25.4 Å². The van der Waals surface area contributed by atoms with Crippen LogP contribution in [0.4, 0.5) is 30.5 Å². The zero-order valence-corrected chi connectivity index (χ0v) is 23.1. The molecular weight excluding hydrogens is 573 g/mol. The highest BCUT2D eigenvalue weighted by molar-refractivity contribution is 7.91. The van der Waals surface area contributed by atoms with Crippen LogP contribution in [-0.2, 0) is 35.5 Å². The van der Waals surface area contributed by atoms with Crippen LogP contribution in [-0.4, -0.2) is 49.5 Å². The molecule has 0 radical (unpaired) electrons. The largest absolute Gasteiger partial charge is 0.416 e. The first-order chi connectivity index (χ1) is 19.9. The lowest BCUT2D eigenvalue weighted by Crippen LogP contribution is -2.18. The van der Waals surface area contributed by atoms with Gasteiger partial charge in [-0.15, -0.1) is 5.10 Å². The number of aromatic nitrogens is 7. The maximum absolute atomic E-state index is 13.1. The first-order valence-electron chi connectivity index (χ1n) is 12.6. The van der Waals surface area contributed by atoms with E-state index in [2.05, 4.69) is 40.3 Å². The maximum atomic E-state index is 13.1. The van der Waals surface area contributed by atoms with E-state index in [1.807, 2.05) is 17.6 Å². The van der Waals surface area contributed by atoms with E-state index in [-0.39, 0.29) is 17.0 Å². The number of fused-ring (bicyclic) bond motifs is 3. The van der Waals surface area contributed by atoms with Crippen LogP contribution in [0.2, 0.25) is 0 Å². The van der Waals surface area contributed by atoms with Gasteiger partial charge in [-0.2, -0.15) is 23.1 Å². The monoisotopic (exact) mass is 596 g/mol. The first-order valence-corrected chi connectivity index (χ1v) is 14.3. The smallest absolute Gasteiger partial charge is 0.369 e. The molecule has 0 unspecified atom stereocenters. The zero-order valence-electron chi connectivity index (χ0n) is 22.3. The second-order valence-electron chi connectivity index (χ2n) is 9.72. The minimum Gasteiger partial charge on any atom is -0.369 e. The fourth-order valence-electron chi connectivity index (χ4n) is 4.73. The summed E-state index contributed by atoms with van der Waals surface area (Å²) in [6, 6.07) is 8.50. The highest BCUT2D eigenvalue weighted by Crippen LogP contribution is 2.39. The maximum Gasteiger partial charge on any atom is 0.416 e. The Bertz CT molecular complexity index is 1970. The normalized spacial score (nSPS) is 13.8. The molecule has 16 heteroatoms. The molecule has 0 saturated heterocycles. The molecule has 6 rings (SSSR count). The molecule has 2 aromatic heterocycles. The number of nitrogens with one attached hydrogen (secondary N) is 2. The summed E-state index contributed by atoms with van der Waals surface area (Å²) < 4.78 is 71.0. The Balaban J connectivity index is 1.34. The predicted octanol–water partition coefficient (Wildman–Crippen LogP) is 3.50. The van der Waals surface area contributed by atoms with E-state index < -0.39 is 27.5 Å². The van der Waals surface area contributed by atoms with Gasteiger partial charge < -0.3 is 9.88 Å². The number of pyridine rings is 2. The van der Waals surface area contributed by atoms with Gasteiger partial charge in [0.25, 0.3) is 5.62 Å². The van der Waals surface area contributed by atoms with E-state index in [0.717, 1.165) is 46.4 Å². The molecule has 0 fully saturated rings. The van der Waals surface area contributed by atoms with Gasteiger partial charge in [-0.1, -0.05) is 11.3 Å². The summed E-state index contributed by atoms with van der Waals surface area (Å²) in [5.41, 5.74) is 2.49. The van der Waals surface area contributed by atoms with Gasteiger partial charge in [0.15, 0.2) is 5.82 Å². The van der Waals surface area contributed by atoms with Crippen molar-refractivity contribution in [1.29, 1.82) is 0 Å². The molecule has 1 aromatic carbocycles. The fraction of sp³-hybridized carbons (Fsp3) is 0.231. The van der Waals surface area contributed by atoms with Gasteiger partial charge in [-0.25, -0.2) is 13.4 Å². The van der Waals surface area contributed by atoms with Crippen LogP contribution in [0.3, 0.4) is 0 Å². The molecule has 0 aliphatic carbocycles. The lowest BCUT2D eigenvalue weighted by molar-refractivity contribution is -0.137. The van der Waals surface area contributed by atoms with Crippen LogP contribution in [0.5, 0.6) is 0 Å². The Morgan fingerprint density at radius 3 is 2.71 bits per heavy atom. The average molecular weight is 597 g/mol. The van der Waals surface area contributed by atoms with Gasteiger partial charge in [0.1, 0.15) is 17.4 Å². The number of aryl methyl sites for hydroxylation is 2. The molecule has 3 aliphatic rings. The Morgan fingerprint density at radius 1 is 1.12 bits per heavy atom. The third kappa shape index (κ3) is 5.52. The minimum atomic E-state index is -4.61. The minimum absolute atomic E-state index is 0.219. The molecular formula is C26H23F3N10O2S. The van der Waals surface area contributed by atoms with Gasteiger partial charge >= 0.3 is 6.18 Å². The molecule has 0 amide bonds.